The number of hydrogen-bond donors (Lipinski definition) is 1. The van der Waals surface area contributed by atoms with Crippen molar-refractivity contribution in [2.45, 2.75) is 32.0 Å². The van der Waals surface area contributed by atoms with Gasteiger partial charge in [-0.25, -0.2) is 4.98 Å². The summed E-state index contributed by atoms with van der Waals surface area (Å²) in [5, 5.41) is 9.66. The molecular formula is C14H17F2N3O. The molecule has 3 rings (SSSR count). The van der Waals surface area contributed by atoms with E-state index in [0.29, 0.717) is 29.9 Å². The molecule has 1 aliphatic heterocycles. The number of likely N-dealkylation sites (tertiary alicyclic amines) is 1. The van der Waals surface area contributed by atoms with Crippen molar-refractivity contribution in [1.29, 1.82) is 0 Å². The third-order valence-corrected chi connectivity index (χ3v) is 3.71. The standard InChI is InChI=1S/C14H17F2N3O/c15-14(16)19-12-6-2-1-5-11(12)17-13(19)9-18-7-3-4-10(20)8-18/h1-2,5-6,10,14,20H,3-4,7-9H2. The van der Waals surface area contributed by atoms with Crippen LogP contribution in [0.5, 0.6) is 0 Å². The smallest absolute Gasteiger partial charge is 0.320 e. The fourth-order valence-corrected chi connectivity index (χ4v) is 2.80. The fourth-order valence-electron chi connectivity index (χ4n) is 2.80. The van der Waals surface area contributed by atoms with E-state index in [0.717, 1.165) is 24.0 Å². The molecule has 0 radical (unpaired) electrons. The maximum Gasteiger partial charge on any atom is 0.320 e. The SMILES string of the molecule is OC1CCCN(Cc2nc3ccccc3n2C(F)F)C1. The second-order valence-electron chi connectivity index (χ2n) is 5.20. The van der Waals surface area contributed by atoms with Crippen molar-refractivity contribution in [3.8, 4) is 0 Å². The molecule has 0 amide bonds. The van der Waals surface area contributed by atoms with E-state index in [4.69, 9.17) is 0 Å². The zero-order valence-corrected chi connectivity index (χ0v) is 11.0. The van der Waals surface area contributed by atoms with Gasteiger partial charge in [-0.2, -0.15) is 8.78 Å². The molecule has 1 fully saturated rings. The number of rotatable bonds is 3. The highest BCUT2D eigenvalue weighted by Crippen LogP contribution is 2.24. The van der Waals surface area contributed by atoms with Crippen LogP contribution in [0.15, 0.2) is 24.3 Å². The van der Waals surface area contributed by atoms with Crippen LogP contribution in [0.2, 0.25) is 0 Å². The van der Waals surface area contributed by atoms with Gasteiger partial charge in [0.1, 0.15) is 5.82 Å². The minimum absolute atomic E-state index is 0.343. The lowest BCUT2D eigenvalue weighted by atomic mass is 10.1. The van der Waals surface area contributed by atoms with Crippen LogP contribution in [0.1, 0.15) is 25.2 Å². The maximum atomic E-state index is 13.3. The first-order valence-corrected chi connectivity index (χ1v) is 6.79. The summed E-state index contributed by atoms with van der Waals surface area (Å²) < 4.78 is 27.5. The van der Waals surface area contributed by atoms with Crippen molar-refractivity contribution in [3.63, 3.8) is 0 Å². The lowest BCUT2D eigenvalue weighted by Crippen LogP contribution is -2.38. The molecule has 0 saturated carbocycles. The summed E-state index contributed by atoms with van der Waals surface area (Å²) >= 11 is 0. The third-order valence-electron chi connectivity index (χ3n) is 3.71. The summed E-state index contributed by atoms with van der Waals surface area (Å²) in [5.41, 5.74) is 1.04. The summed E-state index contributed by atoms with van der Waals surface area (Å²) in [7, 11) is 0. The lowest BCUT2D eigenvalue weighted by molar-refractivity contribution is 0.0518. The van der Waals surface area contributed by atoms with Crippen molar-refractivity contribution >= 4 is 11.0 Å². The molecule has 0 aliphatic carbocycles. The van der Waals surface area contributed by atoms with Gasteiger partial charge in [-0.15, -0.1) is 0 Å². The molecule has 1 saturated heterocycles. The van der Waals surface area contributed by atoms with Crippen LogP contribution < -0.4 is 0 Å². The van der Waals surface area contributed by atoms with E-state index in [1.54, 1.807) is 24.3 Å². The van der Waals surface area contributed by atoms with Gasteiger partial charge in [-0.1, -0.05) is 12.1 Å². The van der Waals surface area contributed by atoms with E-state index >= 15 is 0 Å². The average Bonchev–Trinajstić information content (AvgIpc) is 2.76. The van der Waals surface area contributed by atoms with Crippen LogP contribution in [0.25, 0.3) is 11.0 Å². The molecule has 1 N–H and O–H groups in total. The number of fused-ring (bicyclic) bond motifs is 1. The van der Waals surface area contributed by atoms with Crippen molar-refractivity contribution in [1.82, 2.24) is 14.5 Å². The largest absolute Gasteiger partial charge is 0.392 e. The normalized spacial score (nSPS) is 20.9. The van der Waals surface area contributed by atoms with Gasteiger partial charge in [0.05, 0.1) is 23.7 Å². The number of benzene rings is 1. The van der Waals surface area contributed by atoms with Crippen molar-refractivity contribution < 1.29 is 13.9 Å². The highest BCUT2D eigenvalue weighted by molar-refractivity contribution is 5.75. The minimum atomic E-state index is -2.60. The van der Waals surface area contributed by atoms with Crippen LogP contribution in [0.3, 0.4) is 0 Å². The molecular weight excluding hydrogens is 264 g/mol. The average molecular weight is 281 g/mol. The van der Waals surface area contributed by atoms with Crippen LogP contribution in [0, 0.1) is 0 Å². The zero-order chi connectivity index (χ0) is 14.1. The second kappa shape index (κ2) is 5.46. The Hall–Kier alpha value is -1.53. The van der Waals surface area contributed by atoms with E-state index < -0.39 is 6.55 Å². The van der Waals surface area contributed by atoms with Gasteiger partial charge < -0.3 is 5.11 Å². The Kier molecular flexibility index (Phi) is 3.67. The molecule has 1 aromatic carbocycles. The number of hydrogen-bond acceptors (Lipinski definition) is 3. The number of aromatic nitrogens is 2. The van der Waals surface area contributed by atoms with Gasteiger partial charge in [0.15, 0.2) is 0 Å². The first-order chi connectivity index (χ1) is 9.65. The fraction of sp³-hybridized carbons (Fsp3) is 0.500. The van der Waals surface area contributed by atoms with Crippen LogP contribution in [0.4, 0.5) is 8.78 Å². The molecule has 6 heteroatoms. The predicted molar refractivity (Wildman–Crippen MR) is 71.5 cm³/mol. The van der Waals surface area contributed by atoms with Gasteiger partial charge in [0, 0.05) is 6.54 Å². The van der Waals surface area contributed by atoms with Gasteiger partial charge in [-0.3, -0.25) is 9.47 Å². The minimum Gasteiger partial charge on any atom is -0.392 e. The van der Waals surface area contributed by atoms with Crippen LogP contribution >= 0.6 is 0 Å². The molecule has 20 heavy (non-hydrogen) atoms. The summed E-state index contributed by atoms with van der Waals surface area (Å²) in [6.45, 7) is -0.932. The lowest BCUT2D eigenvalue weighted by Gasteiger charge is -2.29. The van der Waals surface area contributed by atoms with E-state index in [2.05, 4.69) is 4.98 Å². The highest BCUT2D eigenvalue weighted by atomic mass is 19.3. The number of β-amino-alcohol motifs (C(OH)–C–C–N with tert-alkyl or cyclic N) is 1. The van der Waals surface area contributed by atoms with Gasteiger partial charge in [0.2, 0.25) is 0 Å². The number of alkyl halides is 2. The summed E-state index contributed by atoms with van der Waals surface area (Å²) in [5.74, 6) is 0.357. The Labute approximate surface area is 115 Å². The van der Waals surface area contributed by atoms with Gasteiger partial charge in [-0.05, 0) is 31.5 Å². The first-order valence-electron chi connectivity index (χ1n) is 6.79. The molecule has 0 bridgehead atoms. The van der Waals surface area contributed by atoms with Gasteiger partial charge in [0.25, 0.3) is 0 Å². The van der Waals surface area contributed by atoms with Gasteiger partial charge >= 0.3 is 6.55 Å². The quantitative estimate of drug-likeness (QED) is 0.939. The molecule has 2 heterocycles. The third kappa shape index (κ3) is 2.53. The van der Waals surface area contributed by atoms with E-state index in [1.165, 1.54) is 0 Å². The van der Waals surface area contributed by atoms with E-state index in [1.807, 2.05) is 4.90 Å². The van der Waals surface area contributed by atoms with Crippen molar-refractivity contribution in [3.05, 3.63) is 30.1 Å². The Morgan fingerprint density at radius 1 is 1.35 bits per heavy atom. The molecule has 1 aliphatic rings. The molecule has 2 aromatic rings. The summed E-state index contributed by atoms with van der Waals surface area (Å²) in [6.07, 6.45) is 1.30. The Morgan fingerprint density at radius 3 is 2.90 bits per heavy atom. The Balaban J connectivity index is 1.92. The number of nitrogens with zero attached hydrogens (tertiary/aromatic N) is 3. The zero-order valence-electron chi connectivity index (χ0n) is 11.0. The Bertz CT molecular complexity index is 599. The molecule has 1 aromatic heterocycles. The number of aliphatic hydroxyl groups excluding tert-OH is 1. The number of para-hydroxylation sites is 2. The summed E-state index contributed by atoms with van der Waals surface area (Å²) in [4.78, 5) is 6.29. The van der Waals surface area contributed by atoms with E-state index in [-0.39, 0.29) is 6.10 Å². The van der Waals surface area contributed by atoms with Crippen LogP contribution in [-0.4, -0.2) is 38.8 Å². The number of piperidine rings is 1. The predicted octanol–water partition coefficient (Wildman–Crippen LogP) is 2.39. The maximum absolute atomic E-state index is 13.3. The van der Waals surface area contributed by atoms with E-state index in [9.17, 15) is 13.9 Å². The number of aliphatic hydroxyl groups is 1. The second-order valence-corrected chi connectivity index (χ2v) is 5.20. The topological polar surface area (TPSA) is 41.3 Å². The molecule has 4 nitrogen and oxygen atoms in total. The summed E-state index contributed by atoms with van der Waals surface area (Å²) in [6, 6.07) is 6.92. The molecule has 1 atom stereocenters. The molecule has 0 spiro atoms. The first kappa shape index (κ1) is 13.5. The van der Waals surface area contributed by atoms with Crippen LogP contribution in [-0.2, 0) is 6.54 Å². The van der Waals surface area contributed by atoms with Crippen molar-refractivity contribution in [2.24, 2.45) is 0 Å². The highest BCUT2D eigenvalue weighted by Gasteiger charge is 2.22. The van der Waals surface area contributed by atoms with Crippen molar-refractivity contribution in [2.75, 3.05) is 13.1 Å². The number of imidazole rings is 1. The Morgan fingerprint density at radius 2 is 2.15 bits per heavy atom. The molecule has 108 valence electrons. The monoisotopic (exact) mass is 281 g/mol. The number of halogens is 2. The molecule has 1 unspecified atom stereocenters.